The van der Waals surface area contributed by atoms with Gasteiger partial charge in [0.2, 0.25) is 12.5 Å². The number of hydrogen-bond acceptors (Lipinski definition) is 4. The molecule has 4 nitrogen and oxygen atoms in total. The van der Waals surface area contributed by atoms with Crippen molar-refractivity contribution in [2.24, 2.45) is 0 Å². The van der Waals surface area contributed by atoms with E-state index in [0.717, 1.165) is 0 Å². The van der Waals surface area contributed by atoms with Crippen LogP contribution in [-0.4, -0.2) is 19.0 Å². The first-order valence-corrected chi connectivity index (χ1v) is 7.00. The molecule has 2 aromatic carbocycles. The summed E-state index contributed by atoms with van der Waals surface area (Å²) < 4.78 is 30.4. The first kappa shape index (κ1) is 14.2. The Morgan fingerprint density at radius 1 is 1.29 bits per heavy atom. The molecule has 0 aromatic heterocycles. The van der Waals surface area contributed by atoms with Crippen LogP contribution in [0.1, 0.15) is 17.2 Å². The molecule has 0 saturated heterocycles. The number of aliphatic hydroxyl groups is 1. The molecule has 1 N–H and O–H groups in total. The van der Waals surface area contributed by atoms with Crippen molar-refractivity contribution in [3.8, 4) is 17.2 Å². The zero-order valence-corrected chi connectivity index (χ0v) is 12.7. The molecule has 0 spiro atoms. The van der Waals surface area contributed by atoms with Crippen molar-refractivity contribution in [3.63, 3.8) is 0 Å². The number of ether oxygens (including phenoxy) is 3. The lowest BCUT2D eigenvalue weighted by atomic mass is 10.0. The van der Waals surface area contributed by atoms with E-state index in [-0.39, 0.29) is 12.4 Å². The van der Waals surface area contributed by atoms with Crippen LogP contribution in [0.3, 0.4) is 0 Å². The number of halogens is 2. The molecule has 0 saturated carbocycles. The molecule has 1 unspecified atom stereocenters. The van der Waals surface area contributed by atoms with Crippen LogP contribution in [0.25, 0.3) is 0 Å². The van der Waals surface area contributed by atoms with E-state index in [1.807, 2.05) is 0 Å². The van der Waals surface area contributed by atoms with Crippen LogP contribution in [0.15, 0.2) is 34.8 Å². The lowest BCUT2D eigenvalue weighted by molar-refractivity contribution is 0.171. The maximum atomic E-state index is 13.9. The Labute approximate surface area is 129 Å². The predicted molar refractivity (Wildman–Crippen MR) is 77.3 cm³/mol. The van der Waals surface area contributed by atoms with E-state index in [4.69, 9.17) is 14.2 Å². The maximum Gasteiger partial charge on any atom is 0.231 e. The molecule has 2 aromatic rings. The fourth-order valence-corrected chi connectivity index (χ4v) is 2.59. The molecule has 1 aliphatic rings. The van der Waals surface area contributed by atoms with Gasteiger partial charge in [-0.05, 0) is 35.9 Å². The lowest BCUT2D eigenvalue weighted by Gasteiger charge is -2.15. The molecule has 3 rings (SSSR count). The largest absolute Gasteiger partial charge is 0.493 e. The number of methoxy groups -OCH3 is 1. The molecule has 0 fully saturated rings. The second-order valence-corrected chi connectivity index (χ2v) is 5.44. The predicted octanol–water partition coefficient (Wildman–Crippen LogP) is 3.41. The first-order chi connectivity index (χ1) is 10.1. The van der Waals surface area contributed by atoms with Crippen LogP contribution in [-0.2, 0) is 0 Å². The summed E-state index contributed by atoms with van der Waals surface area (Å²) in [6.07, 6.45) is -1.13. The summed E-state index contributed by atoms with van der Waals surface area (Å²) in [7, 11) is 1.49. The maximum absolute atomic E-state index is 13.9. The van der Waals surface area contributed by atoms with Crippen LogP contribution in [0.5, 0.6) is 17.2 Å². The van der Waals surface area contributed by atoms with Gasteiger partial charge in [-0.25, -0.2) is 4.39 Å². The molecule has 1 heterocycles. The van der Waals surface area contributed by atoms with E-state index < -0.39 is 11.9 Å². The molecule has 0 bridgehead atoms. The Hall–Kier alpha value is -1.79. The van der Waals surface area contributed by atoms with E-state index in [1.165, 1.54) is 19.2 Å². The molecule has 110 valence electrons. The Kier molecular flexibility index (Phi) is 3.73. The normalized spacial score (nSPS) is 14.1. The zero-order valence-electron chi connectivity index (χ0n) is 11.1. The van der Waals surface area contributed by atoms with Crippen molar-refractivity contribution in [1.82, 2.24) is 0 Å². The van der Waals surface area contributed by atoms with Crippen molar-refractivity contribution in [3.05, 3.63) is 51.7 Å². The van der Waals surface area contributed by atoms with E-state index in [0.29, 0.717) is 27.3 Å². The van der Waals surface area contributed by atoms with Crippen LogP contribution < -0.4 is 14.2 Å². The quantitative estimate of drug-likeness (QED) is 0.917. The number of hydrogen-bond donors (Lipinski definition) is 1. The summed E-state index contributed by atoms with van der Waals surface area (Å²) in [4.78, 5) is 0. The number of fused-ring (bicyclic) bond motifs is 1. The monoisotopic (exact) mass is 354 g/mol. The Balaban J connectivity index is 2.06. The smallest absolute Gasteiger partial charge is 0.231 e. The van der Waals surface area contributed by atoms with E-state index in [1.54, 1.807) is 18.2 Å². The zero-order chi connectivity index (χ0) is 15.0. The summed E-state index contributed by atoms with van der Waals surface area (Å²) in [5, 5.41) is 10.4. The van der Waals surface area contributed by atoms with Crippen LogP contribution in [0, 0.1) is 5.82 Å². The summed E-state index contributed by atoms with van der Waals surface area (Å²) in [6.45, 7) is 0.0937. The number of aliphatic hydroxyl groups excluding tert-OH is 1. The third-order valence-electron chi connectivity index (χ3n) is 3.25. The molecule has 21 heavy (non-hydrogen) atoms. The summed E-state index contributed by atoms with van der Waals surface area (Å²) in [5.41, 5.74) is 0.637. The highest BCUT2D eigenvalue weighted by Crippen LogP contribution is 2.44. The van der Waals surface area contributed by atoms with Gasteiger partial charge in [-0.2, -0.15) is 0 Å². The second-order valence-electron chi connectivity index (χ2n) is 4.53. The van der Waals surface area contributed by atoms with Crippen LogP contribution in [0.2, 0.25) is 0 Å². The van der Waals surface area contributed by atoms with Gasteiger partial charge in [-0.15, -0.1) is 0 Å². The van der Waals surface area contributed by atoms with Gasteiger partial charge >= 0.3 is 0 Å². The van der Waals surface area contributed by atoms with E-state index in [9.17, 15) is 9.50 Å². The Morgan fingerprint density at radius 2 is 2.10 bits per heavy atom. The average molecular weight is 355 g/mol. The lowest BCUT2D eigenvalue weighted by Crippen LogP contribution is -2.03. The highest BCUT2D eigenvalue weighted by atomic mass is 79.9. The summed E-state index contributed by atoms with van der Waals surface area (Å²) in [6, 6.07) is 7.64. The fourth-order valence-electron chi connectivity index (χ4n) is 2.21. The topological polar surface area (TPSA) is 47.9 Å². The standard InChI is InChI=1S/C15H12BrFO4/c1-19-12-4-8(5-13-15(12)21-7-20-13)14(18)10-6-9(16)2-3-11(10)17/h2-6,14,18H,7H2,1H3. The van der Waals surface area contributed by atoms with Crippen molar-refractivity contribution >= 4 is 15.9 Å². The highest BCUT2D eigenvalue weighted by molar-refractivity contribution is 9.10. The second kappa shape index (κ2) is 5.54. The minimum absolute atomic E-state index is 0.0937. The van der Waals surface area contributed by atoms with Gasteiger partial charge in [0.25, 0.3) is 0 Å². The van der Waals surface area contributed by atoms with Crippen molar-refractivity contribution in [2.45, 2.75) is 6.10 Å². The number of benzene rings is 2. The van der Waals surface area contributed by atoms with Gasteiger partial charge < -0.3 is 19.3 Å². The van der Waals surface area contributed by atoms with Gasteiger partial charge in [-0.1, -0.05) is 15.9 Å². The van der Waals surface area contributed by atoms with Gasteiger partial charge in [0.05, 0.1) is 7.11 Å². The Morgan fingerprint density at radius 3 is 2.86 bits per heavy atom. The average Bonchev–Trinajstić information content (AvgIpc) is 2.96. The van der Waals surface area contributed by atoms with Crippen molar-refractivity contribution in [2.75, 3.05) is 13.9 Å². The fraction of sp³-hybridized carbons (Fsp3) is 0.200. The van der Waals surface area contributed by atoms with E-state index >= 15 is 0 Å². The molecule has 0 radical (unpaired) electrons. The van der Waals surface area contributed by atoms with Gasteiger partial charge in [0, 0.05) is 10.0 Å². The van der Waals surface area contributed by atoms with Crippen LogP contribution in [0.4, 0.5) is 4.39 Å². The van der Waals surface area contributed by atoms with Crippen molar-refractivity contribution < 1.29 is 23.7 Å². The molecular formula is C15H12BrFO4. The molecular weight excluding hydrogens is 343 g/mol. The molecule has 1 atom stereocenters. The van der Waals surface area contributed by atoms with Crippen LogP contribution >= 0.6 is 15.9 Å². The molecule has 0 amide bonds. The Bertz CT molecular complexity index is 690. The third kappa shape index (κ3) is 2.56. The SMILES string of the molecule is COc1cc(C(O)c2cc(Br)ccc2F)cc2c1OCO2. The minimum Gasteiger partial charge on any atom is -0.493 e. The number of rotatable bonds is 3. The molecule has 6 heteroatoms. The van der Waals surface area contributed by atoms with Gasteiger partial charge in [0.1, 0.15) is 11.9 Å². The van der Waals surface area contributed by atoms with Gasteiger partial charge in [0.15, 0.2) is 11.5 Å². The molecule has 1 aliphatic heterocycles. The first-order valence-electron chi connectivity index (χ1n) is 6.20. The summed E-state index contributed by atoms with van der Waals surface area (Å²) >= 11 is 3.27. The minimum atomic E-state index is -1.13. The summed E-state index contributed by atoms with van der Waals surface area (Å²) in [5.74, 6) is 0.916. The van der Waals surface area contributed by atoms with E-state index in [2.05, 4.69) is 15.9 Å². The molecule has 0 aliphatic carbocycles. The van der Waals surface area contributed by atoms with Gasteiger partial charge in [-0.3, -0.25) is 0 Å². The van der Waals surface area contributed by atoms with Crippen molar-refractivity contribution in [1.29, 1.82) is 0 Å². The highest BCUT2D eigenvalue weighted by Gasteiger charge is 2.24. The third-order valence-corrected chi connectivity index (χ3v) is 3.74.